The van der Waals surface area contributed by atoms with Crippen LogP contribution in [0, 0.1) is 6.92 Å². The van der Waals surface area contributed by atoms with Gasteiger partial charge in [-0.25, -0.2) is 0 Å². The molecule has 2 rings (SSSR count). The Hall–Kier alpha value is -2.29. The number of rotatable bonds is 3. The number of hydrogen-bond donors (Lipinski definition) is 1. The quantitative estimate of drug-likeness (QED) is 0.846. The van der Waals surface area contributed by atoms with Crippen molar-refractivity contribution in [1.82, 2.24) is 0 Å². The number of ether oxygens (including phenoxy) is 1. The first kappa shape index (κ1) is 14.1. The summed E-state index contributed by atoms with van der Waals surface area (Å²) in [5, 5.41) is 0. The molecule has 1 unspecified atom stereocenters. The van der Waals surface area contributed by atoms with Crippen molar-refractivity contribution in [3.63, 3.8) is 0 Å². The summed E-state index contributed by atoms with van der Waals surface area (Å²) >= 11 is 0. The summed E-state index contributed by atoms with van der Waals surface area (Å²) in [5.41, 5.74) is 9.11. The van der Waals surface area contributed by atoms with Crippen molar-refractivity contribution < 1.29 is 4.74 Å². The molecule has 1 aromatic carbocycles. The molecule has 2 N–H and O–H groups in total. The lowest BCUT2D eigenvalue weighted by molar-refractivity contribution is 0.110. The Morgan fingerprint density at radius 2 is 2.20 bits per heavy atom. The van der Waals surface area contributed by atoms with E-state index in [1.54, 1.807) is 6.08 Å². The van der Waals surface area contributed by atoms with E-state index in [-0.39, 0.29) is 6.02 Å². The Labute approximate surface area is 120 Å². The van der Waals surface area contributed by atoms with E-state index >= 15 is 0 Å². The van der Waals surface area contributed by atoms with Crippen molar-refractivity contribution in [3.05, 3.63) is 65.8 Å². The third-order valence-corrected chi connectivity index (χ3v) is 3.44. The van der Waals surface area contributed by atoms with Gasteiger partial charge in [0.1, 0.15) is 0 Å². The maximum atomic E-state index is 5.86. The van der Waals surface area contributed by atoms with Gasteiger partial charge in [-0.05, 0) is 38.5 Å². The van der Waals surface area contributed by atoms with Gasteiger partial charge >= 0.3 is 0 Å². The Bertz CT molecular complexity index is 626. The van der Waals surface area contributed by atoms with Gasteiger partial charge in [-0.2, -0.15) is 4.99 Å². The average Bonchev–Trinajstić information content (AvgIpc) is 2.40. The Balaban J connectivity index is 2.65. The maximum Gasteiger partial charge on any atom is 0.288 e. The average molecular weight is 268 g/mol. The van der Waals surface area contributed by atoms with Gasteiger partial charge in [-0.3, -0.25) is 0 Å². The number of aryl methyl sites for hydroxylation is 1. The molecule has 0 fully saturated rings. The molecule has 3 nitrogen and oxygen atoms in total. The molecule has 0 aliphatic carbocycles. The second kappa shape index (κ2) is 5.37. The van der Waals surface area contributed by atoms with Crippen molar-refractivity contribution in [2.24, 2.45) is 10.7 Å². The van der Waals surface area contributed by atoms with E-state index in [2.05, 4.69) is 17.6 Å². The molecule has 20 heavy (non-hydrogen) atoms. The molecule has 1 aliphatic heterocycles. The van der Waals surface area contributed by atoms with Gasteiger partial charge in [0, 0.05) is 5.56 Å². The van der Waals surface area contributed by atoms with Gasteiger partial charge in [0.25, 0.3) is 6.02 Å². The lowest BCUT2D eigenvalue weighted by atomic mass is 9.84. The summed E-state index contributed by atoms with van der Waals surface area (Å²) in [7, 11) is 0. The first-order valence-corrected chi connectivity index (χ1v) is 6.61. The SMILES string of the molecule is C=C/C(=C\C=C/C)C1(C)OC(N)=Nc2ccc(C)cc21. The van der Waals surface area contributed by atoms with E-state index < -0.39 is 5.60 Å². The van der Waals surface area contributed by atoms with Crippen molar-refractivity contribution in [2.45, 2.75) is 26.4 Å². The molecule has 0 aromatic heterocycles. The minimum Gasteiger partial charge on any atom is -0.449 e. The molecule has 0 bridgehead atoms. The van der Waals surface area contributed by atoms with E-state index in [1.165, 1.54) is 0 Å². The highest BCUT2D eigenvalue weighted by atomic mass is 16.5. The summed E-state index contributed by atoms with van der Waals surface area (Å²) in [6.45, 7) is 9.90. The van der Waals surface area contributed by atoms with E-state index in [0.29, 0.717) is 0 Å². The van der Waals surface area contributed by atoms with Gasteiger partial charge in [0.05, 0.1) is 5.69 Å². The Morgan fingerprint density at radius 3 is 2.85 bits per heavy atom. The predicted molar refractivity (Wildman–Crippen MR) is 84.0 cm³/mol. The van der Waals surface area contributed by atoms with Gasteiger partial charge in [-0.15, -0.1) is 0 Å². The zero-order valence-electron chi connectivity index (χ0n) is 12.2. The summed E-state index contributed by atoms with van der Waals surface area (Å²) < 4.78 is 5.86. The fourth-order valence-corrected chi connectivity index (χ4v) is 2.37. The number of benzene rings is 1. The number of amidine groups is 1. The Morgan fingerprint density at radius 1 is 1.45 bits per heavy atom. The van der Waals surface area contributed by atoms with Crippen LogP contribution in [-0.4, -0.2) is 6.02 Å². The first-order chi connectivity index (χ1) is 9.51. The minimum absolute atomic E-state index is 0.178. The number of nitrogens with two attached hydrogens (primary N) is 1. The normalized spacial score (nSPS) is 22.1. The molecule has 0 radical (unpaired) electrons. The van der Waals surface area contributed by atoms with Crippen LogP contribution in [0.3, 0.4) is 0 Å². The molecule has 0 amide bonds. The standard InChI is InChI=1S/C17H20N2O/c1-5-7-8-13(6-2)17(4)14-11-12(3)9-10-15(14)19-16(18)20-17/h5-11H,2H2,1,3-4H3,(H2,18,19)/b7-5-,13-8+. The molecule has 0 saturated carbocycles. The van der Waals surface area contributed by atoms with Crippen LogP contribution in [0.25, 0.3) is 0 Å². The highest BCUT2D eigenvalue weighted by Crippen LogP contribution is 2.42. The van der Waals surface area contributed by atoms with Gasteiger partial charge < -0.3 is 10.5 Å². The third-order valence-electron chi connectivity index (χ3n) is 3.44. The zero-order valence-corrected chi connectivity index (χ0v) is 12.2. The van der Waals surface area contributed by atoms with Gasteiger partial charge in [-0.1, -0.05) is 42.5 Å². The molecule has 0 spiro atoms. The van der Waals surface area contributed by atoms with Crippen molar-refractivity contribution in [1.29, 1.82) is 0 Å². The van der Waals surface area contributed by atoms with Crippen LogP contribution in [0.2, 0.25) is 0 Å². The van der Waals surface area contributed by atoms with Crippen molar-refractivity contribution >= 4 is 11.7 Å². The number of hydrogen-bond acceptors (Lipinski definition) is 3. The van der Waals surface area contributed by atoms with E-state index in [9.17, 15) is 0 Å². The number of fused-ring (bicyclic) bond motifs is 1. The number of allylic oxidation sites excluding steroid dienone is 3. The lowest BCUT2D eigenvalue weighted by Gasteiger charge is -2.35. The molecule has 1 heterocycles. The molecule has 104 valence electrons. The van der Waals surface area contributed by atoms with Gasteiger partial charge in [0.2, 0.25) is 0 Å². The van der Waals surface area contributed by atoms with Crippen molar-refractivity contribution in [2.75, 3.05) is 0 Å². The largest absolute Gasteiger partial charge is 0.449 e. The summed E-state index contributed by atoms with van der Waals surface area (Å²) in [5.74, 6) is 0. The molecule has 3 heteroatoms. The van der Waals surface area contributed by atoms with Crippen molar-refractivity contribution in [3.8, 4) is 0 Å². The molecular formula is C17H20N2O. The highest BCUT2D eigenvalue weighted by molar-refractivity contribution is 5.80. The topological polar surface area (TPSA) is 47.6 Å². The first-order valence-electron chi connectivity index (χ1n) is 6.61. The number of aliphatic imine (C=N–C) groups is 1. The molecule has 1 aliphatic rings. The second-order valence-electron chi connectivity index (χ2n) is 4.96. The third kappa shape index (κ3) is 2.39. The Kier molecular flexibility index (Phi) is 3.79. The van der Waals surface area contributed by atoms with Crippen LogP contribution in [0.1, 0.15) is 25.0 Å². The molecule has 0 saturated heterocycles. The van der Waals surface area contributed by atoms with Crippen LogP contribution in [0.15, 0.2) is 59.6 Å². The lowest BCUT2D eigenvalue weighted by Crippen LogP contribution is -2.37. The van der Waals surface area contributed by atoms with Crippen LogP contribution >= 0.6 is 0 Å². The van der Waals surface area contributed by atoms with Gasteiger partial charge in [0.15, 0.2) is 5.60 Å². The second-order valence-corrected chi connectivity index (χ2v) is 4.96. The predicted octanol–water partition coefficient (Wildman–Crippen LogP) is 3.88. The molecule has 1 aromatic rings. The molecule has 1 atom stereocenters. The number of nitrogens with zero attached hydrogens (tertiary/aromatic N) is 1. The van der Waals surface area contributed by atoms with Crippen LogP contribution in [0.4, 0.5) is 5.69 Å². The zero-order chi connectivity index (χ0) is 14.8. The fraction of sp³-hybridized carbons (Fsp3) is 0.235. The monoisotopic (exact) mass is 268 g/mol. The van der Waals surface area contributed by atoms with E-state index in [4.69, 9.17) is 10.5 Å². The minimum atomic E-state index is -0.672. The summed E-state index contributed by atoms with van der Waals surface area (Å²) in [4.78, 5) is 4.27. The van der Waals surface area contributed by atoms with E-state index in [1.807, 2.05) is 51.1 Å². The fourth-order valence-electron chi connectivity index (χ4n) is 2.37. The maximum absolute atomic E-state index is 5.86. The highest BCUT2D eigenvalue weighted by Gasteiger charge is 2.37. The van der Waals surface area contributed by atoms with Crippen LogP contribution < -0.4 is 5.73 Å². The summed E-state index contributed by atoms with van der Waals surface area (Å²) in [6.07, 6.45) is 7.70. The summed E-state index contributed by atoms with van der Waals surface area (Å²) in [6, 6.07) is 6.24. The van der Waals surface area contributed by atoms with E-state index in [0.717, 1.165) is 22.4 Å². The van der Waals surface area contributed by atoms with Crippen LogP contribution in [-0.2, 0) is 10.3 Å². The smallest absolute Gasteiger partial charge is 0.288 e. The molecular weight excluding hydrogens is 248 g/mol. The van der Waals surface area contributed by atoms with Crippen LogP contribution in [0.5, 0.6) is 0 Å².